The first-order chi connectivity index (χ1) is 14.5. The van der Waals surface area contributed by atoms with Gasteiger partial charge in [0.05, 0.1) is 5.25 Å². The smallest absolute Gasteiger partial charge is 0.154 e. The highest BCUT2D eigenvalue weighted by Gasteiger charge is 2.57. The summed E-state index contributed by atoms with van der Waals surface area (Å²) >= 11 is 0. The van der Waals surface area contributed by atoms with E-state index in [1.165, 1.54) is 63.2 Å². The zero-order valence-electron chi connectivity index (χ0n) is 21.1. The van der Waals surface area contributed by atoms with Crippen LogP contribution in [0.3, 0.4) is 0 Å². The molecule has 4 aliphatic rings. The third-order valence-electron chi connectivity index (χ3n) is 10.4. The Hall–Kier alpha value is -0.310. The molecule has 0 N–H and O–H groups in total. The van der Waals surface area contributed by atoms with Crippen molar-refractivity contribution in [2.75, 3.05) is 6.26 Å². The van der Waals surface area contributed by atoms with Crippen molar-refractivity contribution < 1.29 is 8.42 Å². The highest BCUT2D eigenvalue weighted by atomic mass is 32.2. The van der Waals surface area contributed by atoms with Crippen molar-refractivity contribution in [3.63, 3.8) is 0 Å². The van der Waals surface area contributed by atoms with E-state index in [1.807, 2.05) is 0 Å². The predicted molar refractivity (Wildman–Crippen MR) is 132 cm³/mol. The van der Waals surface area contributed by atoms with E-state index in [0.29, 0.717) is 17.3 Å². The van der Waals surface area contributed by atoms with Crippen LogP contribution in [0.1, 0.15) is 105 Å². The SMILES string of the molecule is CC(C)CCC[C@@H](C)[C@H]1CC[C@H]2[C@@H]3CC(C)C4=C(C(S(C)(=O)=O)CCC4)[C@H]3CC[C@]12C. The minimum absolute atomic E-state index is 0.178. The lowest BCUT2D eigenvalue weighted by Gasteiger charge is -2.55. The Morgan fingerprint density at radius 3 is 2.48 bits per heavy atom. The molecule has 0 bridgehead atoms. The van der Waals surface area contributed by atoms with Gasteiger partial charge in [-0.1, -0.05) is 59.5 Å². The standard InChI is InChI=1S/C28H48O2S/c1-18(2)9-7-10-19(3)24-13-14-25-23-17-20(4)21-11-8-12-26(31(6,29)30)27(21)22(23)15-16-28(24,25)5/h18-20,22-26H,7-17H2,1-6H3/t19-,20?,22+,23-,24-,25+,26?,28-/m1/s1. The van der Waals surface area contributed by atoms with Crippen LogP contribution in [0.4, 0.5) is 0 Å². The topological polar surface area (TPSA) is 34.1 Å². The molecular weight excluding hydrogens is 400 g/mol. The van der Waals surface area contributed by atoms with E-state index in [2.05, 4.69) is 34.6 Å². The van der Waals surface area contributed by atoms with Crippen molar-refractivity contribution in [2.45, 2.75) is 110 Å². The molecule has 0 aromatic carbocycles. The van der Waals surface area contributed by atoms with Crippen LogP contribution in [0.15, 0.2) is 11.1 Å². The Balaban J connectivity index is 1.57. The minimum Gasteiger partial charge on any atom is -0.229 e. The lowest BCUT2D eigenvalue weighted by atomic mass is 9.51. The molecular formula is C28H48O2S. The molecule has 0 aromatic heterocycles. The fourth-order valence-electron chi connectivity index (χ4n) is 9.01. The Morgan fingerprint density at radius 2 is 1.81 bits per heavy atom. The van der Waals surface area contributed by atoms with Gasteiger partial charge in [0, 0.05) is 6.26 Å². The molecule has 2 unspecified atom stereocenters. The fraction of sp³-hybridized carbons (Fsp3) is 0.929. The number of fused-ring (bicyclic) bond motifs is 4. The summed E-state index contributed by atoms with van der Waals surface area (Å²) < 4.78 is 25.5. The summed E-state index contributed by atoms with van der Waals surface area (Å²) in [6.07, 6.45) is 15.4. The fourth-order valence-corrected chi connectivity index (χ4v) is 10.4. The molecule has 0 radical (unpaired) electrons. The van der Waals surface area contributed by atoms with Crippen molar-refractivity contribution >= 4 is 9.84 Å². The molecule has 2 saturated carbocycles. The van der Waals surface area contributed by atoms with Crippen LogP contribution in [0.25, 0.3) is 0 Å². The first-order valence-electron chi connectivity index (χ1n) is 13.5. The van der Waals surface area contributed by atoms with Crippen LogP contribution >= 0.6 is 0 Å². The summed E-state index contributed by atoms with van der Waals surface area (Å²) in [5.74, 6) is 5.20. The van der Waals surface area contributed by atoms with Gasteiger partial charge < -0.3 is 0 Å². The Labute approximate surface area is 193 Å². The van der Waals surface area contributed by atoms with Gasteiger partial charge in [-0.15, -0.1) is 0 Å². The Kier molecular flexibility index (Phi) is 6.77. The monoisotopic (exact) mass is 448 g/mol. The van der Waals surface area contributed by atoms with Crippen LogP contribution in [-0.4, -0.2) is 19.9 Å². The van der Waals surface area contributed by atoms with Gasteiger partial charge in [-0.2, -0.15) is 0 Å². The number of allylic oxidation sites excluding steroid dienone is 1. The summed E-state index contributed by atoms with van der Waals surface area (Å²) in [7, 11) is -3.01. The van der Waals surface area contributed by atoms with Gasteiger partial charge in [0.15, 0.2) is 9.84 Å². The second-order valence-electron chi connectivity index (χ2n) is 12.7. The predicted octanol–water partition coefficient (Wildman–Crippen LogP) is 7.44. The van der Waals surface area contributed by atoms with Gasteiger partial charge in [-0.05, 0) is 104 Å². The maximum absolute atomic E-state index is 12.8. The molecule has 3 heteroatoms. The summed E-state index contributed by atoms with van der Waals surface area (Å²) in [5.41, 5.74) is 3.46. The third-order valence-corrected chi connectivity index (χ3v) is 11.9. The molecule has 4 rings (SSSR count). The van der Waals surface area contributed by atoms with Gasteiger partial charge in [-0.25, -0.2) is 8.42 Å². The van der Waals surface area contributed by atoms with Gasteiger partial charge in [0.25, 0.3) is 0 Å². The van der Waals surface area contributed by atoms with Crippen molar-refractivity contribution in [3.8, 4) is 0 Å². The van der Waals surface area contributed by atoms with Crippen molar-refractivity contribution in [2.24, 2.45) is 46.8 Å². The molecule has 8 atom stereocenters. The van der Waals surface area contributed by atoms with Crippen LogP contribution < -0.4 is 0 Å². The molecule has 31 heavy (non-hydrogen) atoms. The van der Waals surface area contributed by atoms with Crippen molar-refractivity contribution in [1.82, 2.24) is 0 Å². The first-order valence-corrected chi connectivity index (χ1v) is 15.4. The zero-order chi connectivity index (χ0) is 22.6. The molecule has 178 valence electrons. The third kappa shape index (κ3) is 4.31. The van der Waals surface area contributed by atoms with E-state index in [1.54, 1.807) is 5.57 Å². The van der Waals surface area contributed by atoms with Crippen LogP contribution in [0, 0.1) is 46.8 Å². The maximum atomic E-state index is 12.8. The molecule has 0 amide bonds. The second kappa shape index (κ2) is 8.80. The average molecular weight is 449 g/mol. The minimum atomic E-state index is -3.01. The van der Waals surface area contributed by atoms with Gasteiger partial charge in [0.2, 0.25) is 0 Å². The summed E-state index contributed by atoms with van der Waals surface area (Å²) in [6, 6.07) is 0. The van der Waals surface area contributed by atoms with Crippen molar-refractivity contribution in [3.05, 3.63) is 11.1 Å². The van der Waals surface area contributed by atoms with Gasteiger partial charge >= 0.3 is 0 Å². The van der Waals surface area contributed by atoms with Crippen LogP contribution in [0.5, 0.6) is 0 Å². The van der Waals surface area contributed by atoms with E-state index in [9.17, 15) is 8.42 Å². The van der Waals surface area contributed by atoms with Gasteiger partial charge in [0.1, 0.15) is 0 Å². The average Bonchev–Trinajstić information content (AvgIpc) is 3.04. The molecule has 0 heterocycles. The molecule has 2 nitrogen and oxygen atoms in total. The lowest BCUT2D eigenvalue weighted by molar-refractivity contribution is -0.00857. The lowest BCUT2D eigenvalue weighted by Crippen LogP contribution is -2.48. The molecule has 4 aliphatic carbocycles. The number of sulfone groups is 1. The highest BCUT2D eigenvalue weighted by Crippen LogP contribution is 2.65. The van der Waals surface area contributed by atoms with Crippen LogP contribution in [0.2, 0.25) is 0 Å². The highest BCUT2D eigenvalue weighted by molar-refractivity contribution is 7.91. The summed E-state index contributed by atoms with van der Waals surface area (Å²) in [5, 5.41) is -0.178. The largest absolute Gasteiger partial charge is 0.229 e. The zero-order valence-corrected chi connectivity index (χ0v) is 21.9. The Bertz CT molecular complexity index is 794. The van der Waals surface area contributed by atoms with Crippen molar-refractivity contribution in [1.29, 1.82) is 0 Å². The summed E-state index contributed by atoms with van der Waals surface area (Å²) in [6.45, 7) is 12.3. The van der Waals surface area contributed by atoms with Crippen LogP contribution in [-0.2, 0) is 9.84 Å². The number of hydrogen-bond acceptors (Lipinski definition) is 2. The van der Waals surface area contributed by atoms with Gasteiger partial charge in [-0.3, -0.25) is 0 Å². The first kappa shape index (κ1) is 23.8. The molecule has 0 saturated heterocycles. The van der Waals surface area contributed by atoms with E-state index in [-0.39, 0.29) is 5.25 Å². The quantitative estimate of drug-likeness (QED) is 0.396. The number of rotatable bonds is 6. The maximum Gasteiger partial charge on any atom is 0.154 e. The summed E-state index contributed by atoms with van der Waals surface area (Å²) in [4.78, 5) is 0. The normalized spacial score (nSPS) is 41.6. The van der Waals surface area contributed by atoms with E-state index >= 15 is 0 Å². The van der Waals surface area contributed by atoms with E-state index < -0.39 is 9.84 Å². The number of hydrogen-bond donors (Lipinski definition) is 0. The second-order valence-corrected chi connectivity index (χ2v) is 15.0. The molecule has 0 aromatic rings. The van der Waals surface area contributed by atoms with E-state index in [0.717, 1.165) is 48.9 Å². The van der Waals surface area contributed by atoms with E-state index in [4.69, 9.17) is 0 Å². The molecule has 2 fully saturated rings. The molecule has 0 spiro atoms. The molecule has 0 aliphatic heterocycles. The Morgan fingerprint density at radius 1 is 1.06 bits per heavy atom.